The highest BCUT2D eigenvalue weighted by atomic mass is 31.2. The lowest BCUT2D eigenvalue weighted by Crippen LogP contribution is -2.43. The van der Waals surface area contributed by atoms with Crippen LogP contribution in [0.15, 0.2) is 72.9 Å². The van der Waals surface area contributed by atoms with Crippen LogP contribution in [0.1, 0.15) is 168 Å². The van der Waals surface area contributed by atoms with Gasteiger partial charge in [-0.15, -0.1) is 0 Å². The SMILES string of the molecule is CC/C=C\C/C=C\C/C=C\CCCCCCCC(=O)OCC(O)COP(=O)(O)OCC(NC(=O)CCCCCCCC/C=C\C/C=C\C/C=C\CCCCC)C(=O)O. The summed E-state index contributed by atoms with van der Waals surface area (Å²) in [7, 11) is -4.77. The van der Waals surface area contributed by atoms with E-state index in [2.05, 4.69) is 92.1 Å². The second-order valence-electron chi connectivity index (χ2n) is 14.5. The maximum atomic E-state index is 12.3. The molecule has 1 amide bonds. The molecule has 0 aliphatic rings. The Morgan fingerprint density at radius 2 is 1.00 bits per heavy atom. The van der Waals surface area contributed by atoms with Crippen LogP contribution in [0, 0.1) is 0 Å². The van der Waals surface area contributed by atoms with Crippen LogP contribution < -0.4 is 5.32 Å². The third-order valence-electron chi connectivity index (χ3n) is 8.98. The molecule has 4 N–H and O–H groups in total. The number of phosphoric acid groups is 1. The van der Waals surface area contributed by atoms with Gasteiger partial charge in [0.2, 0.25) is 5.91 Å². The first kappa shape index (κ1) is 54.9. The molecule has 332 valence electrons. The van der Waals surface area contributed by atoms with Gasteiger partial charge in [0.25, 0.3) is 0 Å². The van der Waals surface area contributed by atoms with Gasteiger partial charge in [-0.1, -0.05) is 145 Å². The van der Waals surface area contributed by atoms with Gasteiger partial charge in [-0.2, -0.15) is 0 Å². The predicted molar refractivity (Wildman–Crippen MR) is 235 cm³/mol. The normalized spacial score (nSPS) is 14.4. The highest BCUT2D eigenvalue weighted by Gasteiger charge is 2.28. The lowest BCUT2D eigenvalue weighted by molar-refractivity contribution is -0.147. The first-order chi connectivity index (χ1) is 28.1. The zero-order chi connectivity index (χ0) is 42.8. The number of carbonyl (C=O) groups excluding carboxylic acids is 2. The molecule has 58 heavy (non-hydrogen) atoms. The standard InChI is InChI=1S/C46H78NO10P/c1-3-5-7-9-11-13-15-17-19-20-21-22-24-25-27-29-31-33-35-37-44(49)47-43(46(51)52)41-57-58(53,54)56-40-42(48)39-55-45(50)38-36-34-32-30-28-26-23-18-16-14-12-10-8-6-4-2/h6,8,11-14,17-19,21-23,42-43,48H,3-5,7,9-10,15-16,20,24-41H2,1-2H3,(H,47,49)(H,51,52)(H,53,54)/b8-6-,13-11-,14-12-,19-17-,22-21-,23-18-. The number of ether oxygens (including phenoxy) is 1. The number of aliphatic carboxylic acids is 1. The molecule has 0 saturated carbocycles. The number of aliphatic hydroxyl groups excluding tert-OH is 1. The first-order valence-electron chi connectivity index (χ1n) is 22.0. The minimum atomic E-state index is -4.77. The summed E-state index contributed by atoms with van der Waals surface area (Å²) in [5, 5.41) is 21.8. The van der Waals surface area contributed by atoms with Crippen molar-refractivity contribution in [1.82, 2.24) is 5.32 Å². The fraction of sp³-hybridized carbons (Fsp3) is 0.674. The lowest BCUT2D eigenvalue weighted by atomic mass is 10.1. The number of hydrogen-bond donors (Lipinski definition) is 4. The molecule has 0 saturated heterocycles. The Morgan fingerprint density at radius 3 is 1.50 bits per heavy atom. The van der Waals surface area contributed by atoms with Crippen molar-refractivity contribution in [3.05, 3.63) is 72.9 Å². The van der Waals surface area contributed by atoms with Crippen LogP contribution >= 0.6 is 7.82 Å². The van der Waals surface area contributed by atoms with Crippen LogP contribution in [0.4, 0.5) is 0 Å². The Kier molecular flexibility index (Phi) is 38.5. The Hall–Kier alpha value is -3.08. The highest BCUT2D eigenvalue weighted by molar-refractivity contribution is 7.47. The van der Waals surface area contributed by atoms with Crippen LogP contribution in [0.25, 0.3) is 0 Å². The number of aliphatic hydroxyl groups is 1. The van der Waals surface area contributed by atoms with Gasteiger partial charge in [-0.05, 0) is 83.5 Å². The van der Waals surface area contributed by atoms with Crippen molar-refractivity contribution in [1.29, 1.82) is 0 Å². The molecule has 0 fully saturated rings. The van der Waals surface area contributed by atoms with Crippen molar-refractivity contribution in [2.24, 2.45) is 0 Å². The number of carboxylic acid groups (broad SMARTS) is 1. The Bertz CT molecular complexity index is 1260. The molecule has 0 aliphatic heterocycles. The fourth-order valence-corrected chi connectivity index (χ4v) is 6.34. The van der Waals surface area contributed by atoms with Gasteiger partial charge in [-0.25, -0.2) is 9.36 Å². The molecular weight excluding hydrogens is 757 g/mol. The van der Waals surface area contributed by atoms with Crippen molar-refractivity contribution in [2.45, 2.75) is 180 Å². The Balaban J connectivity index is 3.96. The van der Waals surface area contributed by atoms with Crippen LogP contribution in [-0.2, 0) is 32.7 Å². The maximum Gasteiger partial charge on any atom is 0.472 e. The molecule has 0 heterocycles. The van der Waals surface area contributed by atoms with Crippen molar-refractivity contribution >= 4 is 25.7 Å². The number of phosphoric ester groups is 1. The highest BCUT2D eigenvalue weighted by Crippen LogP contribution is 2.43. The molecular formula is C46H78NO10P. The van der Waals surface area contributed by atoms with Gasteiger partial charge < -0.3 is 25.2 Å². The zero-order valence-corrected chi connectivity index (χ0v) is 36.7. The van der Waals surface area contributed by atoms with Crippen molar-refractivity contribution in [3.8, 4) is 0 Å². The van der Waals surface area contributed by atoms with Gasteiger partial charge in [0.15, 0.2) is 6.04 Å². The zero-order valence-electron chi connectivity index (χ0n) is 35.8. The van der Waals surface area contributed by atoms with E-state index in [0.29, 0.717) is 12.8 Å². The number of nitrogens with one attached hydrogen (secondary N) is 1. The second kappa shape index (κ2) is 40.7. The summed E-state index contributed by atoms with van der Waals surface area (Å²) in [6.45, 7) is 2.41. The molecule has 0 spiro atoms. The summed E-state index contributed by atoms with van der Waals surface area (Å²) < 4.78 is 26.8. The molecule has 0 aromatic rings. The Labute approximate surface area is 350 Å². The molecule has 0 aromatic heterocycles. The van der Waals surface area contributed by atoms with Crippen molar-refractivity contribution in [3.63, 3.8) is 0 Å². The van der Waals surface area contributed by atoms with E-state index in [1.807, 2.05) is 0 Å². The number of hydrogen-bond acceptors (Lipinski definition) is 8. The molecule has 0 aromatic carbocycles. The third kappa shape index (κ3) is 39.7. The number of rotatable bonds is 40. The largest absolute Gasteiger partial charge is 0.480 e. The van der Waals surface area contributed by atoms with Crippen molar-refractivity contribution < 1.29 is 47.8 Å². The number of unbranched alkanes of at least 4 members (excludes halogenated alkanes) is 14. The average molecular weight is 836 g/mol. The number of amides is 1. The van der Waals surface area contributed by atoms with Gasteiger partial charge in [-0.3, -0.25) is 18.6 Å². The number of carbonyl (C=O) groups is 3. The summed E-state index contributed by atoms with van der Waals surface area (Å²) in [5.74, 6) is -2.42. The lowest BCUT2D eigenvalue weighted by Gasteiger charge is -2.18. The number of carboxylic acids is 1. The van der Waals surface area contributed by atoms with Crippen LogP contribution in [0.2, 0.25) is 0 Å². The first-order valence-corrected chi connectivity index (χ1v) is 23.5. The van der Waals surface area contributed by atoms with Gasteiger partial charge in [0.05, 0.1) is 13.2 Å². The summed E-state index contributed by atoms with van der Waals surface area (Å²) in [4.78, 5) is 45.9. The smallest absolute Gasteiger partial charge is 0.472 e. The van der Waals surface area contributed by atoms with E-state index in [0.717, 1.165) is 103 Å². The van der Waals surface area contributed by atoms with Gasteiger partial charge in [0, 0.05) is 12.8 Å². The monoisotopic (exact) mass is 836 g/mol. The van der Waals surface area contributed by atoms with E-state index >= 15 is 0 Å². The molecule has 3 atom stereocenters. The summed E-state index contributed by atoms with van der Waals surface area (Å²) in [6.07, 6.45) is 47.7. The minimum Gasteiger partial charge on any atom is -0.480 e. The number of esters is 1. The molecule has 0 bridgehead atoms. The molecule has 0 rings (SSSR count). The van der Waals surface area contributed by atoms with E-state index in [-0.39, 0.29) is 12.8 Å². The molecule has 11 nitrogen and oxygen atoms in total. The fourth-order valence-electron chi connectivity index (χ4n) is 5.57. The van der Waals surface area contributed by atoms with E-state index in [1.165, 1.54) is 25.7 Å². The Morgan fingerprint density at radius 1 is 0.569 bits per heavy atom. The second-order valence-corrected chi connectivity index (χ2v) is 16.0. The minimum absolute atomic E-state index is 0.126. The summed E-state index contributed by atoms with van der Waals surface area (Å²) in [5.41, 5.74) is 0. The molecule has 0 aliphatic carbocycles. The summed E-state index contributed by atoms with van der Waals surface area (Å²) >= 11 is 0. The average Bonchev–Trinajstić information content (AvgIpc) is 3.20. The number of allylic oxidation sites excluding steroid dienone is 12. The molecule has 12 heteroatoms. The predicted octanol–water partition coefficient (Wildman–Crippen LogP) is 11.3. The van der Waals surface area contributed by atoms with E-state index in [1.54, 1.807) is 0 Å². The van der Waals surface area contributed by atoms with Gasteiger partial charge >= 0.3 is 19.8 Å². The van der Waals surface area contributed by atoms with Crippen molar-refractivity contribution in [2.75, 3.05) is 19.8 Å². The van der Waals surface area contributed by atoms with Crippen LogP contribution in [0.3, 0.4) is 0 Å². The van der Waals surface area contributed by atoms with E-state index in [4.69, 9.17) is 13.8 Å². The van der Waals surface area contributed by atoms with E-state index in [9.17, 15) is 34.1 Å². The van der Waals surface area contributed by atoms with Crippen LogP contribution in [-0.4, -0.2) is 64.9 Å². The molecule has 3 unspecified atom stereocenters. The molecule has 0 radical (unpaired) electrons. The quantitative estimate of drug-likeness (QED) is 0.0202. The summed E-state index contributed by atoms with van der Waals surface area (Å²) in [6, 6.07) is -1.56. The topological polar surface area (TPSA) is 169 Å². The van der Waals surface area contributed by atoms with E-state index < -0.39 is 57.6 Å². The van der Waals surface area contributed by atoms with Crippen LogP contribution in [0.5, 0.6) is 0 Å². The third-order valence-corrected chi connectivity index (χ3v) is 9.93. The van der Waals surface area contributed by atoms with Gasteiger partial charge in [0.1, 0.15) is 12.7 Å². The maximum absolute atomic E-state index is 12.3.